The van der Waals surface area contributed by atoms with Gasteiger partial charge in [0.1, 0.15) is 12.2 Å². The summed E-state index contributed by atoms with van der Waals surface area (Å²) in [5, 5.41) is 0. The Balaban J connectivity index is 1.60. The summed E-state index contributed by atoms with van der Waals surface area (Å²) in [7, 11) is -3.72. The van der Waals surface area contributed by atoms with E-state index in [0.29, 0.717) is 0 Å². The first-order valence-corrected chi connectivity index (χ1v) is 8.13. The molecule has 2 atom stereocenters. The highest BCUT2D eigenvalue weighted by Gasteiger charge is 2.41. The second-order valence-electron chi connectivity index (χ2n) is 5.06. The first-order chi connectivity index (χ1) is 10.1. The molecular weight excluding hydrogens is 288 g/mol. The van der Waals surface area contributed by atoms with Gasteiger partial charge in [-0.05, 0) is 24.6 Å². The van der Waals surface area contributed by atoms with Gasteiger partial charge in [0.05, 0.1) is 11.5 Å². The molecular formula is C16H16O4S. The van der Waals surface area contributed by atoms with Gasteiger partial charge in [-0.1, -0.05) is 48.0 Å². The van der Waals surface area contributed by atoms with Crippen molar-refractivity contribution in [1.29, 1.82) is 0 Å². The van der Waals surface area contributed by atoms with Crippen LogP contribution < -0.4 is 0 Å². The molecule has 0 N–H and O–H groups in total. The second kappa shape index (κ2) is 5.60. The second-order valence-corrected chi connectivity index (χ2v) is 6.67. The predicted octanol–water partition coefficient (Wildman–Crippen LogP) is 2.84. The summed E-state index contributed by atoms with van der Waals surface area (Å²) in [5.74, 6) is 0. The van der Waals surface area contributed by atoms with Gasteiger partial charge in [-0.3, -0.25) is 4.18 Å². The lowest BCUT2D eigenvalue weighted by molar-refractivity contribution is 0.264. The van der Waals surface area contributed by atoms with Crippen LogP contribution in [-0.4, -0.2) is 21.1 Å². The van der Waals surface area contributed by atoms with Crippen LogP contribution in [0.4, 0.5) is 0 Å². The van der Waals surface area contributed by atoms with Gasteiger partial charge >= 0.3 is 0 Å². The Labute approximate surface area is 124 Å². The van der Waals surface area contributed by atoms with Crippen LogP contribution in [0.2, 0.25) is 0 Å². The van der Waals surface area contributed by atoms with Crippen LogP contribution in [-0.2, 0) is 19.0 Å². The SMILES string of the molecule is Cc1ccc(S(=O)(=O)OC[C@@H]2O[C@H]2c2ccccc2)cc1. The maximum atomic E-state index is 12.0. The van der Waals surface area contributed by atoms with E-state index in [9.17, 15) is 8.42 Å². The number of hydrogen-bond acceptors (Lipinski definition) is 4. The molecule has 21 heavy (non-hydrogen) atoms. The number of epoxide rings is 1. The Morgan fingerprint density at radius 2 is 1.71 bits per heavy atom. The standard InChI is InChI=1S/C16H16O4S/c1-12-7-9-14(10-8-12)21(17,18)19-11-15-16(20-15)13-5-3-2-4-6-13/h2-10,15-16H,11H2,1H3/t15-,16-/m0/s1. The molecule has 4 nitrogen and oxygen atoms in total. The van der Waals surface area contributed by atoms with Crippen molar-refractivity contribution in [3.63, 3.8) is 0 Å². The number of aryl methyl sites for hydroxylation is 1. The van der Waals surface area contributed by atoms with E-state index in [-0.39, 0.29) is 23.7 Å². The minimum Gasteiger partial charge on any atom is -0.362 e. The molecule has 2 aromatic rings. The predicted molar refractivity (Wildman–Crippen MR) is 78.4 cm³/mol. The molecule has 1 aliphatic heterocycles. The molecule has 0 aliphatic carbocycles. The van der Waals surface area contributed by atoms with Gasteiger partial charge < -0.3 is 4.74 Å². The number of hydrogen-bond donors (Lipinski definition) is 0. The summed E-state index contributed by atoms with van der Waals surface area (Å²) in [6.45, 7) is 1.94. The maximum absolute atomic E-state index is 12.0. The third-order valence-electron chi connectivity index (χ3n) is 3.41. The minimum absolute atomic E-state index is 0.0375. The van der Waals surface area contributed by atoms with Gasteiger partial charge in [-0.2, -0.15) is 8.42 Å². The highest BCUT2D eigenvalue weighted by molar-refractivity contribution is 7.86. The molecule has 3 rings (SSSR count). The van der Waals surface area contributed by atoms with Gasteiger partial charge in [-0.25, -0.2) is 0 Å². The maximum Gasteiger partial charge on any atom is 0.297 e. The van der Waals surface area contributed by atoms with Crippen molar-refractivity contribution in [1.82, 2.24) is 0 Å². The van der Waals surface area contributed by atoms with Gasteiger partial charge in [0, 0.05) is 0 Å². The smallest absolute Gasteiger partial charge is 0.297 e. The fourth-order valence-electron chi connectivity index (χ4n) is 2.14. The number of benzene rings is 2. The van der Waals surface area contributed by atoms with Gasteiger partial charge in [-0.15, -0.1) is 0 Å². The fraction of sp³-hybridized carbons (Fsp3) is 0.250. The summed E-state index contributed by atoms with van der Waals surface area (Å²) in [4.78, 5) is 0.171. The van der Waals surface area contributed by atoms with E-state index in [4.69, 9.17) is 8.92 Å². The van der Waals surface area contributed by atoms with Gasteiger partial charge in [0.15, 0.2) is 0 Å². The van der Waals surface area contributed by atoms with Crippen molar-refractivity contribution in [2.75, 3.05) is 6.61 Å². The topological polar surface area (TPSA) is 55.9 Å². The number of ether oxygens (including phenoxy) is 1. The fourth-order valence-corrected chi connectivity index (χ4v) is 3.05. The molecule has 0 amide bonds. The van der Waals surface area contributed by atoms with Crippen LogP contribution in [0.15, 0.2) is 59.5 Å². The number of rotatable bonds is 5. The molecule has 0 unspecified atom stereocenters. The van der Waals surface area contributed by atoms with Gasteiger partial charge in [0.25, 0.3) is 10.1 Å². The van der Waals surface area contributed by atoms with E-state index in [1.165, 1.54) is 0 Å². The van der Waals surface area contributed by atoms with E-state index < -0.39 is 10.1 Å². The highest BCUT2D eigenvalue weighted by atomic mass is 32.2. The van der Waals surface area contributed by atoms with Crippen LogP contribution >= 0.6 is 0 Å². The molecule has 110 valence electrons. The first kappa shape index (κ1) is 14.3. The molecule has 0 saturated carbocycles. The van der Waals surface area contributed by atoms with E-state index in [2.05, 4.69) is 0 Å². The molecule has 0 spiro atoms. The molecule has 0 radical (unpaired) electrons. The molecule has 1 heterocycles. The zero-order valence-corrected chi connectivity index (χ0v) is 12.4. The molecule has 1 fully saturated rings. The molecule has 1 aliphatic rings. The summed E-state index contributed by atoms with van der Waals surface area (Å²) in [6.07, 6.45) is -0.271. The summed E-state index contributed by atoms with van der Waals surface area (Å²) < 4.78 is 34.6. The van der Waals surface area contributed by atoms with Crippen molar-refractivity contribution in [2.45, 2.75) is 24.0 Å². The quantitative estimate of drug-likeness (QED) is 0.629. The highest BCUT2D eigenvalue weighted by Crippen LogP contribution is 2.39. The van der Waals surface area contributed by atoms with Gasteiger partial charge in [0.2, 0.25) is 0 Å². The third-order valence-corrected chi connectivity index (χ3v) is 4.70. The summed E-state index contributed by atoms with van der Waals surface area (Å²) in [6, 6.07) is 16.3. The lowest BCUT2D eigenvalue weighted by atomic mass is 10.1. The van der Waals surface area contributed by atoms with Crippen molar-refractivity contribution in [3.8, 4) is 0 Å². The normalized spacial score (nSPS) is 21.2. The van der Waals surface area contributed by atoms with Crippen LogP contribution in [0.1, 0.15) is 17.2 Å². The Bertz CT molecular complexity index is 708. The zero-order valence-electron chi connectivity index (χ0n) is 11.6. The van der Waals surface area contributed by atoms with E-state index in [1.807, 2.05) is 37.3 Å². The van der Waals surface area contributed by atoms with Crippen molar-refractivity contribution >= 4 is 10.1 Å². The average molecular weight is 304 g/mol. The largest absolute Gasteiger partial charge is 0.362 e. The summed E-state index contributed by atoms with van der Waals surface area (Å²) in [5.41, 5.74) is 2.04. The molecule has 1 saturated heterocycles. The Kier molecular flexibility index (Phi) is 3.80. The molecule has 2 aromatic carbocycles. The lowest BCUT2D eigenvalue weighted by Gasteiger charge is -2.04. The van der Waals surface area contributed by atoms with Crippen LogP contribution in [0.3, 0.4) is 0 Å². The molecule has 0 aromatic heterocycles. The minimum atomic E-state index is -3.72. The van der Waals surface area contributed by atoms with Crippen LogP contribution in [0.5, 0.6) is 0 Å². The van der Waals surface area contributed by atoms with Crippen LogP contribution in [0.25, 0.3) is 0 Å². The lowest BCUT2D eigenvalue weighted by Crippen LogP contribution is -2.11. The summed E-state index contributed by atoms with van der Waals surface area (Å²) >= 11 is 0. The van der Waals surface area contributed by atoms with Crippen LogP contribution in [0, 0.1) is 6.92 Å². The van der Waals surface area contributed by atoms with Crippen molar-refractivity contribution in [3.05, 3.63) is 65.7 Å². The molecule has 5 heteroatoms. The Morgan fingerprint density at radius 1 is 1.05 bits per heavy atom. The van der Waals surface area contributed by atoms with E-state index in [1.54, 1.807) is 24.3 Å². The monoisotopic (exact) mass is 304 g/mol. The third kappa shape index (κ3) is 3.32. The average Bonchev–Trinajstić information content (AvgIpc) is 3.26. The zero-order chi connectivity index (χ0) is 14.9. The Morgan fingerprint density at radius 3 is 2.38 bits per heavy atom. The van der Waals surface area contributed by atoms with Crippen molar-refractivity contribution in [2.24, 2.45) is 0 Å². The molecule has 0 bridgehead atoms. The van der Waals surface area contributed by atoms with Crippen molar-refractivity contribution < 1.29 is 17.3 Å². The Hall–Kier alpha value is -1.69. The van der Waals surface area contributed by atoms with E-state index in [0.717, 1.165) is 11.1 Å². The van der Waals surface area contributed by atoms with E-state index >= 15 is 0 Å². The first-order valence-electron chi connectivity index (χ1n) is 6.73.